The van der Waals surface area contributed by atoms with E-state index in [1.165, 1.54) is 17.7 Å². The van der Waals surface area contributed by atoms with Crippen molar-refractivity contribution in [1.82, 2.24) is 9.55 Å². The molecule has 4 heterocycles. The molecule has 5 nitrogen and oxygen atoms in total. The number of nitrogens with zero attached hydrogens (tertiary/aromatic N) is 3. The first kappa shape index (κ1) is 25.8. The minimum atomic E-state index is -1.05. The summed E-state index contributed by atoms with van der Waals surface area (Å²) in [5, 5.41) is 11.8. The average molecular weight is 530 g/mol. The van der Waals surface area contributed by atoms with Crippen LogP contribution in [0.5, 0.6) is 0 Å². The topological polar surface area (TPSA) is 59.6 Å². The van der Waals surface area contributed by atoms with E-state index in [0.717, 1.165) is 57.2 Å². The van der Waals surface area contributed by atoms with E-state index in [4.69, 9.17) is 9.72 Å². The summed E-state index contributed by atoms with van der Waals surface area (Å²) in [6, 6.07) is 12.0. The summed E-state index contributed by atoms with van der Waals surface area (Å²) < 4.78 is 36.7. The molecule has 0 aliphatic carbocycles. The van der Waals surface area contributed by atoms with Crippen LogP contribution < -0.4 is 0 Å². The highest BCUT2D eigenvalue weighted by Crippen LogP contribution is 2.42. The second-order valence-corrected chi connectivity index (χ2v) is 11.4. The number of aromatic nitrogens is 2. The fourth-order valence-corrected chi connectivity index (χ4v) is 6.24. The lowest BCUT2D eigenvalue weighted by molar-refractivity contribution is 0.0552. The van der Waals surface area contributed by atoms with Crippen molar-refractivity contribution in [2.45, 2.75) is 52.2 Å². The molecule has 1 saturated heterocycles. The van der Waals surface area contributed by atoms with Crippen LogP contribution in [0, 0.1) is 17.6 Å². The molecule has 1 atom stereocenters. The van der Waals surface area contributed by atoms with Crippen LogP contribution in [0.3, 0.4) is 0 Å². The van der Waals surface area contributed by atoms with Gasteiger partial charge >= 0.3 is 0 Å². The van der Waals surface area contributed by atoms with Gasteiger partial charge in [0.25, 0.3) is 0 Å². The highest BCUT2D eigenvalue weighted by Gasteiger charge is 2.32. The Bertz CT molecular complexity index is 1660. The van der Waals surface area contributed by atoms with Crippen LogP contribution >= 0.6 is 0 Å². The maximum Gasteiger partial charge on any atom is 0.159 e. The molecule has 202 valence electrons. The molecule has 1 N–H and O–H groups in total. The lowest BCUT2D eigenvalue weighted by atomic mass is 9.86. The van der Waals surface area contributed by atoms with Gasteiger partial charge in [-0.2, -0.15) is 0 Å². The highest BCUT2D eigenvalue weighted by molar-refractivity contribution is 6.25. The van der Waals surface area contributed by atoms with Gasteiger partial charge in [0.1, 0.15) is 0 Å². The van der Waals surface area contributed by atoms with Crippen LogP contribution in [0.15, 0.2) is 59.2 Å². The molecule has 1 fully saturated rings. The van der Waals surface area contributed by atoms with E-state index < -0.39 is 17.2 Å². The molecule has 0 saturated carbocycles. The highest BCUT2D eigenvalue weighted by atomic mass is 19.2. The zero-order valence-electron chi connectivity index (χ0n) is 22.8. The van der Waals surface area contributed by atoms with Crippen molar-refractivity contribution in [3.63, 3.8) is 0 Å². The molecule has 0 amide bonds. The first-order valence-electron chi connectivity index (χ1n) is 13.5. The molecule has 0 spiro atoms. The summed E-state index contributed by atoms with van der Waals surface area (Å²) in [5.41, 5.74) is 7.35. The minimum absolute atomic E-state index is 0.132. The number of hydrogen-bond donors (Lipinski definition) is 1. The second kappa shape index (κ2) is 9.65. The Morgan fingerprint density at radius 2 is 1.77 bits per heavy atom. The Kier molecular flexibility index (Phi) is 6.39. The largest absolute Gasteiger partial charge is 0.386 e. The Morgan fingerprint density at radius 3 is 2.44 bits per heavy atom. The number of halogens is 2. The first-order chi connectivity index (χ1) is 18.6. The summed E-state index contributed by atoms with van der Waals surface area (Å²) in [5.74, 6) is -1.59. The van der Waals surface area contributed by atoms with E-state index in [2.05, 4.69) is 22.5 Å². The number of aliphatic imine (C=N–C) groups is 1. The molecular formula is C32H33F2N3O2. The third-order valence-electron chi connectivity index (χ3n) is 8.25. The van der Waals surface area contributed by atoms with Gasteiger partial charge in [-0.1, -0.05) is 18.2 Å². The fraction of sp³-hybridized carbons (Fsp3) is 0.375. The van der Waals surface area contributed by atoms with Crippen molar-refractivity contribution in [3.8, 4) is 0 Å². The molecule has 2 aliphatic rings. The van der Waals surface area contributed by atoms with Crippen LogP contribution in [0.4, 0.5) is 8.78 Å². The maximum absolute atomic E-state index is 14.7. The molecule has 1 unspecified atom stereocenters. The monoisotopic (exact) mass is 529 g/mol. The van der Waals surface area contributed by atoms with E-state index in [1.807, 2.05) is 31.3 Å². The van der Waals surface area contributed by atoms with Gasteiger partial charge in [-0.25, -0.2) is 8.78 Å². The molecule has 2 aromatic carbocycles. The van der Waals surface area contributed by atoms with Crippen LogP contribution in [0.2, 0.25) is 0 Å². The molecular weight excluding hydrogens is 496 g/mol. The standard InChI is InChI=1S/C32H33F2N3O2/c1-18-16-35-19(2)29(18)22-14-28-30(36-17-22)24-7-6-23(32(3,4)38)15-27(24)37(28)31(20-9-11-39-12-10-20)21-5-8-25(33)26(34)13-21/h5-8,13-15,17,20,31,38H,9-12,16H2,1-4H3. The summed E-state index contributed by atoms with van der Waals surface area (Å²) in [6.45, 7) is 9.55. The molecule has 0 radical (unpaired) electrons. The maximum atomic E-state index is 14.7. The van der Waals surface area contributed by atoms with Crippen LogP contribution in [0.1, 0.15) is 63.3 Å². The van der Waals surface area contributed by atoms with Crippen molar-refractivity contribution in [2.75, 3.05) is 19.8 Å². The number of ether oxygens (including phenoxy) is 1. The minimum Gasteiger partial charge on any atom is -0.386 e. The van der Waals surface area contributed by atoms with Gasteiger partial charge in [-0.15, -0.1) is 0 Å². The normalized spacial score (nSPS) is 17.9. The van der Waals surface area contributed by atoms with Gasteiger partial charge in [0.05, 0.1) is 34.7 Å². The van der Waals surface area contributed by atoms with Crippen molar-refractivity contribution in [1.29, 1.82) is 0 Å². The van der Waals surface area contributed by atoms with Crippen LogP contribution in [-0.4, -0.2) is 40.1 Å². The van der Waals surface area contributed by atoms with Gasteiger partial charge in [0, 0.05) is 41.6 Å². The van der Waals surface area contributed by atoms with Crippen molar-refractivity contribution in [2.24, 2.45) is 10.9 Å². The zero-order valence-corrected chi connectivity index (χ0v) is 22.8. The fourth-order valence-electron chi connectivity index (χ4n) is 6.24. The molecule has 7 heteroatoms. The SMILES string of the molecule is CC1=NCC(C)=C1c1cnc2c3ccc(C(C)(C)O)cc3n(C(c3ccc(F)c(F)c3)C3CCOCC3)c2c1. The summed E-state index contributed by atoms with van der Waals surface area (Å²) >= 11 is 0. The van der Waals surface area contributed by atoms with Gasteiger partial charge in [-0.05, 0) is 87.4 Å². The van der Waals surface area contributed by atoms with Gasteiger partial charge < -0.3 is 14.4 Å². The molecule has 6 rings (SSSR count). The van der Waals surface area contributed by atoms with Crippen molar-refractivity contribution >= 4 is 33.2 Å². The number of aliphatic hydroxyl groups is 1. The average Bonchev–Trinajstić information content (AvgIpc) is 3.42. The second-order valence-electron chi connectivity index (χ2n) is 11.4. The number of allylic oxidation sites excluding steroid dienone is 1. The van der Waals surface area contributed by atoms with Crippen molar-refractivity contribution in [3.05, 3.63) is 82.6 Å². The Morgan fingerprint density at radius 1 is 1.00 bits per heavy atom. The van der Waals surface area contributed by atoms with Gasteiger partial charge in [0.15, 0.2) is 11.6 Å². The van der Waals surface area contributed by atoms with Crippen LogP contribution in [-0.2, 0) is 10.3 Å². The lowest BCUT2D eigenvalue weighted by Gasteiger charge is -2.33. The third kappa shape index (κ3) is 4.47. The smallest absolute Gasteiger partial charge is 0.159 e. The number of rotatable bonds is 5. The quantitative estimate of drug-likeness (QED) is 0.304. The number of benzene rings is 2. The van der Waals surface area contributed by atoms with Gasteiger partial charge in [0.2, 0.25) is 0 Å². The molecule has 0 bridgehead atoms. The van der Waals surface area contributed by atoms with Crippen LogP contribution in [0.25, 0.3) is 27.5 Å². The van der Waals surface area contributed by atoms with E-state index in [1.54, 1.807) is 19.9 Å². The number of hydrogen-bond acceptors (Lipinski definition) is 4. The Labute approximate surface area is 226 Å². The Hall–Kier alpha value is -3.42. The molecule has 39 heavy (non-hydrogen) atoms. The predicted octanol–water partition coefficient (Wildman–Crippen LogP) is 6.96. The molecule has 2 aromatic heterocycles. The van der Waals surface area contributed by atoms with E-state index in [9.17, 15) is 13.9 Å². The Balaban J connectivity index is 1.69. The number of fused-ring (bicyclic) bond motifs is 3. The van der Waals surface area contributed by atoms with E-state index in [-0.39, 0.29) is 12.0 Å². The molecule has 4 aromatic rings. The summed E-state index contributed by atoms with van der Waals surface area (Å²) in [7, 11) is 0. The first-order valence-corrected chi connectivity index (χ1v) is 13.5. The third-order valence-corrected chi connectivity index (χ3v) is 8.25. The summed E-state index contributed by atoms with van der Waals surface area (Å²) in [4.78, 5) is 9.58. The number of pyridine rings is 1. The van der Waals surface area contributed by atoms with Crippen molar-refractivity contribution < 1.29 is 18.6 Å². The summed E-state index contributed by atoms with van der Waals surface area (Å²) in [6.07, 6.45) is 3.48. The van der Waals surface area contributed by atoms with Gasteiger partial charge in [-0.3, -0.25) is 9.98 Å². The molecule has 2 aliphatic heterocycles. The van der Waals surface area contributed by atoms with E-state index in [0.29, 0.717) is 25.3 Å². The lowest BCUT2D eigenvalue weighted by Crippen LogP contribution is -2.27. The zero-order chi connectivity index (χ0) is 27.5. The van der Waals surface area contributed by atoms with E-state index >= 15 is 0 Å². The predicted molar refractivity (Wildman–Crippen MR) is 151 cm³/mol.